The van der Waals surface area contributed by atoms with E-state index in [4.69, 9.17) is 5.41 Å². The highest BCUT2D eigenvalue weighted by Crippen LogP contribution is 2.16. The van der Waals surface area contributed by atoms with E-state index in [2.05, 4.69) is 12.1 Å². The van der Waals surface area contributed by atoms with Crippen LogP contribution in [0.2, 0.25) is 0 Å². The zero-order valence-corrected chi connectivity index (χ0v) is 8.77. The van der Waals surface area contributed by atoms with Gasteiger partial charge < -0.3 is 4.90 Å². The Bertz CT molecular complexity index is 270. The fourth-order valence-electron chi connectivity index (χ4n) is 0.798. The predicted octanol–water partition coefficient (Wildman–Crippen LogP) is 2.32. The summed E-state index contributed by atoms with van der Waals surface area (Å²) in [5.41, 5.74) is 0. The van der Waals surface area contributed by atoms with Crippen molar-refractivity contribution in [3.8, 4) is 0 Å². The molecular formula is C10H14N2S. The van der Waals surface area contributed by atoms with Crippen LogP contribution in [0.4, 0.5) is 0 Å². The SMILES string of the molecule is CN(C)C(=N)CSc1ccccc1. The molecule has 0 atom stereocenters. The number of benzene rings is 1. The summed E-state index contributed by atoms with van der Waals surface area (Å²) in [6.45, 7) is 0. The Hall–Kier alpha value is -0.960. The minimum atomic E-state index is 0.647. The summed E-state index contributed by atoms with van der Waals surface area (Å²) < 4.78 is 0. The summed E-state index contributed by atoms with van der Waals surface area (Å²) >= 11 is 1.69. The van der Waals surface area contributed by atoms with E-state index < -0.39 is 0 Å². The van der Waals surface area contributed by atoms with Gasteiger partial charge in [0.15, 0.2) is 0 Å². The van der Waals surface area contributed by atoms with E-state index in [0.717, 1.165) is 5.75 Å². The van der Waals surface area contributed by atoms with Crippen LogP contribution in [0.1, 0.15) is 0 Å². The van der Waals surface area contributed by atoms with Gasteiger partial charge in [0.05, 0.1) is 5.75 Å². The van der Waals surface area contributed by atoms with Gasteiger partial charge in [0.2, 0.25) is 0 Å². The summed E-state index contributed by atoms with van der Waals surface area (Å²) in [6.07, 6.45) is 0. The summed E-state index contributed by atoms with van der Waals surface area (Å²) in [4.78, 5) is 3.05. The van der Waals surface area contributed by atoms with E-state index in [0.29, 0.717) is 5.84 Å². The molecule has 0 spiro atoms. The maximum absolute atomic E-state index is 7.60. The molecule has 0 heterocycles. The van der Waals surface area contributed by atoms with Gasteiger partial charge in [-0.15, -0.1) is 11.8 Å². The first kappa shape index (κ1) is 10.1. The van der Waals surface area contributed by atoms with Crippen molar-refractivity contribution in [3.05, 3.63) is 30.3 Å². The Labute approximate surface area is 83.5 Å². The molecule has 1 rings (SSSR count). The van der Waals surface area contributed by atoms with Crippen LogP contribution in [-0.4, -0.2) is 30.6 Å². The number of nitrogens with one attached hydrogen (secondary N) is 1. The summed E-state index contributed by atoms with van der Waals surface area (Å²) in [6, 6.07) is 10.2. The molecule has 3 heteroatoms. The lowest BCUT2D eigenvalue weighted by Gasteiger charge is -2.12. The Morgan fingerprint density at radius 1 is 1.31 bits per heavy atom. The second-order valence-electron chi connectivity index (χ2n) is 2.94. The molecule has 0 radical (unpaired) electrons. The second kappa shape index (κ2) is 4.92. The number of rotatable bonds is 3. The zero-order valence-electron chi connectivity index (χ0n) is 7.95. The average Bonchev–Trinajstić information content (AvgIpc) is 2.15. The van der Waals surface area contributed by atoms with Gasteiger partial charge in [-0.25, -0.2) is 0 Å². The summed E-state index contributed by atoms with van der Waals surface area (Å²) in [5, 5.41) is 7.60. The maximum Gasteiger partial charge on any atom is 0.106 e. The number of amidine groups is 1. The van der Waals surface area contributed by atoms with Crippen LogP contribution in [0.3, 0.4) is 0 Å². The van der Waals surface area contributed by atoms with Crippen molar-refractivity contribution in [1.82, 2.24) is 4.90 Å². The predicted molar refractivity (Wildman–Crippen MR) is 58.6 cm³/mol. The van der Waals surface area contributed by atoms with Crippen molar-refractivity contribution in [2.75, 3.05) is 19.8 Å². The Balaban J connectivity index is 2.40. The minimum Gasteiger partial charge on any atom is -0.366 e. The first-order valence-corrected chi connectivity index (χ1v) is 5.11. The molecule has 0 bridgehead atoms. The number of hydrogen-bond donors (Lipinski definition) is 1. The second-order valence-corrected chi connectivity index (χ2v) is 3.99. The van der Waals surface area contributed by atoms with E-state index in [1.807, 2.05) is 37.2 Å². The summed E-state index contributed by atoms with van der Waals surface area (Å²) in [7, 11) is 3.79. The highest BCUT2D eigenvalue weighted by Gasteiger charge is 1.99. The zero-order chi connectivity index (χ0) is 9.68. The molecule has 1 aromatic carbocycles. The third-order valence-electron chi connectivity index (χ3n) is 1.66. The molecule has 1 N–H and O–H groups in total. The molecule has 0 amide bonds. The molecule has 0 fully saturated rings. The molecule has 0 saturated carbocycles. The Morgan fingerprint density at radius 2 is 1.92 bits per heavy atom. The van der Waals surface area contributed by atoms with Crippen LogP contribution in [-0.2, 0) is 0 Å². The van der Waals surface area contributed by atoms with Gasteiger partial charge >= 0.3 is 0 Å². The molecule has 0 aliphatic rings. The van der Waals surface area contributed by atoms with Gasteiger partial charge in [-0.3, -0.25) is 5.41 Å². The van der Waals surface area contributed by atoms with Crippen LogP contribution in [0, 0.1) is 5.41 Å². The number of nitrogens with zero attached hydrogens (tertiary/aromatic N) is 1. The molecule has 70 valence electrons. The highest BCUT2D eigenvalue weighted by molar-refractivity contribution is 8.00. The van der Waals surface area contributed by atoms with Crippen LogP contribution in [0.5, 0.6) is 0 Å². The lowest BCUT2D eigenvalue weighted by molar-refractivity contribution is 0.615. The van der Waals surface area contributed by atoms with Crippen molar-refractivity contribution < 1.29 is 0 Å². The third-order valence-corrected chi connectivity index (χ3v) is 2.68. The standard InChI is InChI=1S/C10H14N2S/c1-12(2)10(11)8-13-9-6-4-3-5-7-9/h3-7,11H,8H2,1-2H3. The molecular weight excluding hydrogens is 180 g/mol. The van der Waals surface area contributed by atoms with Crippen molar-refractivity contribution >= 4 is 17.6 Å². The largest absolute Gasteiger partial charge is 0.366 e. The Kier molecular flexibility index (Phi) is 3.83. The van der Waals surface area contributed by atoms with Gasteiger partial charge in [-0.05, 0) is 12.1 Å². The molecule has 13 heavy (non-hydrogen) atoms. The van der Waals surface area contributed by atoms with Gasteiger partial charge in [-0.2, -0.15) is 0 Å². The molecule has 0 aliphatic heterocycles. The third kappa shape index (κ3) is 3.51. The fraction of sp³-hybridized carbons (Fsp3) is 0.300. The topological polar surface area (TPSA) is 27.1 Å². The quantitative estimate of drug-likeness (QED) is 0.454. The number of thioether (sulfide) groups is 1. The van der Waals surface area contributed by atoms with Crippen molar-refractivity contribution in [2.45, 2.75) is 4.90 Å². The molecule has 0 aromatic heterocycles. The molecule has 1 aromatic rings. The Morgan fingerprint density at radius 3 is 2.46 bits per heavy atom. The van der Waals surface area contributed by atoms with Gasteiger partial charge in [0.25, 0.3) is 0 Å². The molecule has 0 aliphatic carbocycles. The average molecular weight is 194 g/mol. The lowest BCUT2D eigenvalue weighted by atomic mass is 10.4. The van der Waals surface area contributed by atoms with Crippen LogP contribution < -0.4 is 0 Å². The van der Waals surface area contributed by atoms with E-state index >= 15 is 0 Å². The van der Waals surface area contributed by atoms with Gasteiger partial charge in [-0.1, -0.05) is 18.2 Å². The smallest absolute Gasteiger partial charge is 0.106 e. The van der Waals surface area contributed by atoms with E-state index in [1.165, 1.54) is 4.90 Å². The van der Waals surface area contributed by atoms with E-state index in [9.17, 15) is 0 Å². The van der Waals surface area contributed by atoms with E-state index in [-0.39, 0.29) is 0 Å². The van der Waals surface area contributed by atoms with Gasteiger partial charge in [0.1, 0.15) is 5.84 Å². The first-order valence-electron chi connectivity index (χ1n) is 4.13. The van der Waals surface area contributed by atoms with Crippen LogP contribution >= 0.6 is 11.8 Å². The van der Waals surface area contributed by atoms with Crippen molar-refractivity contribution in [1.29, 1.82) is 5.41 Å². The molecule has 0 saturated heterocycles. The van der Waals surface area contributed by atoms with Crippen molar-refractivity contribution in [2.24, 2.45) is 0 Å². The maximum atomic E-state index is 7.60. The lowest BCUT2D eigenvalue weighted by Crippen LogP contribution is -2.22. The van der Waals surface area contributed by atoms with Crippen LogP contribution in [0.15, 0.2) is 35.2 Å². The first-order chi connectivity index (χ1) is 6.20. The minimum absolute atomic E-state index is 0.647. The highest BCUT2D eigenvalue weighted by atomic mass is 32.2. The number of hydrogen-bond acceptors (Lipinski definition) is 2. The molecule has 0 unspecified atom stereocenters. The van der Waals surface area contributed by atoms with Crippen LogP contribution in [0.25, 0.3) is 0 Å². The monoisotopic (exact) mass is 194 g/mol. The van der Waals surface area contributed by atoms with Crippen molar-refractivity contribution in [3.63, 3.8) is 0 Å². The fourth-order valence-corrected chi connectivity index (χ4v) is 1.71. The normalized spacial score (nSPS) is 9.69. The summed E-state index contributed by atoms with van der Waals surface area (Å²) in [5.74, 6) is 1.38. The van der Waals surface area contributed by atoms with Gasteiger partial charge in [0, 0.05) is 19.0 Å². The van der Waals surface area contributed by atoms with E-state index in [1.54, 1.807) is 11.8 Å². The molecule has 2 nitrogen and oxygen atoms in total.